The Balaban J connectivity index is 1.77. The minimum Gasteiger partial charge on any atom is -0.477 e. The Labute approximate surface area is 131 Å². The number of likely N-dealkylation sites (tertiary alicyclic amines) is 1. The number of fused-ring (bicyclic) bond motifs is 1. The minimum atomic E-state index is -1.10. The standard InChI is InChI=1S/C14H18N2O5S/c1-7(18)11-9-4-10(12(14(20)21)16(9)13(11)19)22-8-2-3-15(5-8)6-17/h6-9,11,18H,2-5H2,1H3,(H,20,21)/t7?,8?,9-,11?/m1/s1. The van der Waals surface area contributed by atoms with E-state index in [2.05, 4.69) is 0 Å². The lowest BCUT2D eigenvalue weighted by molar-refractivity contribution is -0.161. The van der Waals surface area contributed by atoms with Crippen molar-refractivity contribution in [2.24, 2.45) is 5.92 Å². The highest BCUT2D eigenvalue weighted by Crippen LogP contribution is 2.48. The molecule has 3 rings (SSSR count). The van der Waals surface area contributed by atoms with Gasteiger partial charge in [-0.05, 0) is 13.3 Å². The van der Waals surface area contributed by atoms with Gasteiger partial charge in [-0.15, -0.1) is 11.8 Å². The van der Waals surface area contributed by atoms with Crippen LogP contribution in [-0.4, -0.2) is 68.8 Å². The zero-order valence-electron chi connectivity index (χ0n) is 12.1. The molecule has 0 radical (unpaired) electrons. The van der Waals surface area contributed by atoms with E-state index in [9.17, 15) is 24.6 Å². The Morgan fingerprint density at radius 2 is 2.23 bits per heavy atom. The van der Waals surface area contributed by atoms with Crippen molar-refractivity contribution in [3.05, 3.63) is 10.6 Å². The summed E-state index contributed by atoms with van der Waals surface area (Å²) in [5.74, 6) is -1.93. The normalized spacial score (nSPS) is 32.1. The Bertz CT molecular complexity index is 561. The van der Waals surface area contributed by atoms with Crippen LogP contribution in [0.15, 0.2) is 10.6 Å². The fraction of sp³-hybridized carbons (Fsp3) is 0.643. The molecule has 8 heteroatoms. The van der Waals surface area contributed by atoms with Crippen molar-refractivity contribution in [2.75, 3.05) is 13.1 Å². The fourth-order valence-electron chi connectivity index (χ4n) is 3.48. The van der Waals surface area contributed by atoms with Gasteiger partial charge >= 0.3 is 5.97 Å². The lowest BCUT2D eigenvalue weighted by Gasteiger charge is -2.44. The maximum absolute atomic E-state index is 12.1. The topological polar surface area (TPSA) is 98.2 Å². The van der Waals surface area contributed by atoms with Gasteiger partial charge in [0.25, 0.3) is 0 Å². The van der Waals surface area contributed by atoms with E-state index >= 15 is 0 Å². The third-order valence-corrected chi connectivity index (χ3v) is 5.89. The van der Waals surface area contributed by atoms with Crippen LogP contribution in [0.2, 0.25) is 0 Å². The highest BCUT2D eigenvalue weighted by atomic mass is 32.2. The van der Waals surface area contributed by atoms with E-state index in [0.29, 0.717) is 24.4 Å². The molecule has 3 heterocycles. The number of thioether (sulfide) groups is 1. The molecule has 2 amide bonds. The highest BCUT2D eigenvalue weighted by Gasteiger charge is 2.57. The molecule has 2 saturated heterocycles. The molecule has 22 heavy (non-hydrogen) atoms. The average molecular weight is 326 g/mol. The monoisotopic (exact) mass is 326 g/mol. The molecule has 3 aliphatic heterocycles. The van der Waals surface area contributed by atoms with Crippen LogP contribution in [0.25, 0.3) is 0 Å². The largest absolute Gasteiger partial charge is 0.477 e. The summed E-state index contributed by atoms with van der Waals surface area (Å²) in [6.45, 7) is 2.84. The van der Waals surface area contributed by atoms with E-state index in [-0.39, 0.29) is 22.9 Å². The Morgan fingerprint density at radius 1 is 1.50 bits per heavy atom. The van der Waals surface area contributed by atoms with E-state index in [1.54, 1.807) is 11.8 Å². The first-order valence-electron chi connectivity index (χ1n) is 7.27. The molecule has 120 valence electrons. The van der Waals surface area contributed by atoms with Crippen molar-refractivity contribution in [3.63, 3.8) is 0 Å². The van der Waals surface area contributed by atoms with Crippen LogP contribution in [0, 0.1) is 5.92 Å². The Hall–Kier alpha value is -1.54. The van der Waals surface area contributed by atoms with Gasteiger partial charge in [-0.3, -0.25) is 9.59 Å². The second-order valence-electron chi connectivity index (χ2n) is 5.95. The molecular weight excluding hydrogens is 308 g/mol. The number of amides is 2. The molecule has 0 spiro atoms. The number of carboxylic acid groups (broad SMARTS) is 1. The van der Waals surface area contributed by atoms with Gasteiger partial charge in [-0.1, -0.05) is 0 Å². The van der Waals surface area contributed by atoms with Gasteiger partial charge in [-0.25, -0.2) is 4.79 Å². The van der Waals surface area contributed by atoms with Crippen LogP contribution in [0.1, 0.15) is 19.8 Å². The molecule has 3 unspecified atom stereocenters. The quantitative estimate of drug-likeness (QED) is 0.539. The van der Waals surface area contributed by atoms with E-state index in [4.69, 9.17) is 0 Å². The number of aliphatic carboxylic acids is 1. The number of hydrogen-bond donors (Lipinski definition) is 2. The van der Waals surface area contributed by atoms with Gasteiger partial charge in [0.1, 0.15) is 5.70 Å². The number of carboxylic acids is 1. The Morgan fingerprint density at radius 3 is 2.77 bits per heavy atom. The average Bonchev–Trinajstić information content (AvgIpc) is 3.01. The van der Waals surface area contributed by atoms with Crippen LogP contribution < -0.4 is 0 Å². The van der Waals surface area contributed by atoms with Crippen LogP contribution in [-0.2, 0) is 14.4 Å². The van der Waals surface area contributed by atoms with Crippen molar-refractivity contribution in [1.29, 1.82) is 0 Å². The van der Waals surface area contributed by atoms with Gasteiger partial charge < -0.3 is 20.0 Å². The smallest absolute Gasteiger partial charge is 0.353 e. The van der Waals surface area contributed by atoms with Gasteiger partial charge in [0.05, 0.1) is 18.1 Å². The number of aliphatic hydroxyl groups excluding tert-OH is 1. The number of carbonyl (C=O) groups is 3. The summed E-state index contributed by atoms with van der Waals surface area (Å²) >= 11 is 1.46. The van der Waals surface area contributed by atoms with Gasteiger partial charge in [0.15, 0.2) is 0 Å². The number of hydrogen-bond acceptors (Lipinski definition) is 5. The van der Waals surface area contributed by atoms with Crippen LogP contribution >= 0.6 is 11.8 Å². The van der Waals surface area contributed by atoms with E-state index in [0.717, 1.165) is 12.8 Å². The number of nitrogens with zero attached hydrogens (tertiary/aromatic N) is 2. The molecule has 0 saturated carbocycles. The van der Waals surface area contributed by atoms with Gasteiger partial charge in [0.2, 0.25) is 12.3 Å². The van der Waals surface area contributed by atoms with Gasteiger partial charge in [0, 0.05) is 29.7 Å². The summed E-state index contributed by atoms with van der Waals surface area (Å²) in [6.07, 6.45) is 1.33. The molecule has 7 nitrogen and oxygen atoms in total. The third-order valence-electron chi connectivity index (χ3n) is 4.53. The molecule has 2 N–H and O–H groups in total. The van der Waals surface area contributed by atoms with Gasteiger partial charge in [-0.2, -0.15) is 0 Å². The summed E-state index contributed by atoms with van der Waals surface area (Å²) in [4.78, 5) is 38.1. The van der Waals surface area contributed by atoms with E-state index < -0.39 is 18.0 Å². The molecule has 2 fully saturated rings. The molecule has 4 atom stereocenters. The van der Waals surface area contributed by atoms with Crippen molar-refractivity contribution < 1.29 is 24.6 Å². The second-order valence-corrected chi connectivity index (χ2v) is 7.35. The molecular formula is C14H18N2O5S. The molecule has 0 aromatic carbocycles. The van der Waals surface area contributed by atoms with E-state index in [1.807, 2.05) is 0 Å². The summed E-state index contributed by atoms with van der Waals surface area (Å²) in [7, 11) is 0. The number of rotatable bonds is 5. The molecule has 0 aromatic rings. The summed E-state index contributed by atoms with van der Waals surface area (Å²) in [5.41, 5.74) is 0.0569. The number of carbonyl (C=O) groups excluding carboxylic acids is 2. The SMILES string of the molecule is CC(O)C1C(=O)N2C(C(=O)O)=C(SC3CCN(C=O)C3)C[C@H]12. The first-order valence-corrected chi connectivity index (χ1v) is 8.15. The predicted molar refractivity (Wildman–Crippen MR) is 78.7 cm³/mol. The van der Waals surface area contributed by atoms with Crippen molar-refractivity contribution in [2.45, 2.75) is 37.2 Å². The Kier molecular flexibility index (Phi) is 3.90. The summed E-state index contributed by atoms with van der Waals surface area (Å²) in [6, 6.07) is -0.246. The maximum atomic E-state index is 12.1. The predicted octanol–water partition coefficient (Wildman–Crippen LogP) is -0.142. The van der Waals surface area contributed by atoms with Crippen molar-refractivity contribution in [3.8, 4) is 0 Å². The number of aliphatic hydroxyl groups is 1. The lowest BCUT2D eigenvalue weighted by Crippen LogP contribution is -2.61. The molecule has 3 aliphatic rings. The summed E-state index contributed by atoms with van der Waals surface area (Å²) in [5, 5.41) is 19.3. The third kappa shape index (κ3) is 2.30. The first kappa shape index (κ1) is 15.4. The molecule has 0 bridgehead atoms. The minimum absolute atomic E-state index is 0.0569. The lowest BCUT2D eigenvalue weighted by atomic mass is 9.83. The highest BCUT2D eigenvalue weighted by molar-refractivity contribution is 8.03. The second kappa shape index (κ2) is 5.58. The van der Waals surface area contributed by atoms with Crippen molar-refractivity contribution >= 4 is 30.0 Å². The molecule has 0 aliphatic carbocycles. The zero-order valence-corrected chi connectivity index (χ0v) is 13.0. The van der Waals surface area contributed by atoms with E-state index in [1.165, 1.54) is 16.7 Å². The van der Waals surface area contributed by atoms with Crippen molar-refractivity contribution in [1.82, 2.24) is 9.80 Å². The fourth-order valence-corrected chi connectivity index (χ4v) is 4.94. The maximum Gasteiger partial charge on any atom is 0.353 e. The first-order chi connectivity index (χ1) is 10.4. The van der Waals surface area contributed by atoms with Crippen LogP contribution in [0.3, 0.4) is 0 Å². The van der Waals surface area contributed by atoms with Crippen LogP contribution in [0.5, 0.6) is 0 Å². The zero-order chi connectivity index (χ0) is 16.0. The van der Waals surface area contributed by atoms with Crippen LogP contribution in [0.4, 0.5) is 0 Å². The summed E-state index contributed by atoms with van der Waals surface area (Å²) < 4.78 is 0. The number of β-lactam (4-membered cyclic amide) rings is 1. The molecule has 0 aromatic heterocycles.